The van der Waals surface area contributed by atoms with Gasteiger partial charge in [0.05, 0.1) is 11.8 Å². The zero-order valence-corrected chi connectivity index (χ0v) is 12.9. The van der Waals surface area contributed by atoms with Crippen LogP contribution in [0.2, 0.25) is 0 Å². The Kier molecular flexibility index (Phi) is 6.87. The summed E-state index contributed by atoms with van der Waals surface area (Å²) in [5.74, 6) is 0.239. The van der Waals surface area contributed by atoms with Gasteiger partial charge in [0.2, 0.25) is 6.29 Å². The molecule has 1 aromatic carbocycles. The number of benzene rings is 1. The fourth-order valence-electron chi connectivity index (χ4n) is 1.78. The predicted molar refractivity (Wildman–Crippen MR) is 81.6 cm³/mol. The van der Waals surface area contributed by atoms with Crippen LogP contribution in [-0.2, 0) is 21.3 Å². The van der Waals surface area contributed by atoms with Crippen molar-refractivity contribution in [1.29, 1.82) is 0 Å². The number of carbonyl (C=O) groups is 1. The standard InChI is InChI=1S/C14H19N2O4S/c1-10(2)7-13(8-17)16-14(18)15-12-5-3-11(4-6-12)9-21(19)20/h3-6,10,13,21H,7,9H2,1-2H3,(H2,15,16,18)/t13-/m0/s1. The maximum atomic E-state index is 11.7. The van der Waals surface area contributed by atoms with Crippen LogP contribution >= 0.6 is 0 Å². The van der Waals surface area contributed by atoms with Crippen LogP contribution in [0.5, 0.6) is 0 Å². The molecule has 0 fully saturated rings. The van der Waals surface area contributed by atoms with Gasteiger partial charge in [0.1, 0.15) is 10.7 Å². The summed E-state index contributed by atoms with van der Waals surface area (Å²) in [6, 6.07) is 5.32. The van der Waals surface area contributed by atoms with E-state index in [4.69, 9.17) is 0 Å². The van der Waals surface area contributed by atoms with E-state index >= 15 is 0 Å². The molecule has 1 atom stereocenters. The number of thiol groups is 1. The number of nitrogens with one attached hydrogen (secondary N) is 2. The molecule has 0 aliphatic carbocycles. The third-order valence-electron chi connectivity index (χ3n) is 2.68. The first-order chi connectivity index (χ1) is 9.90. The van der Waals surface area contributed by atoms with Crippen molar-refractivity contribution in [2.75, 3.05) is 5.32 Å². The van der Waals surface area contributed by atoms with Gasteiger partial charge in [-0.1, -0.05) is 26.0 Å². The Balaban J connectivity index is 2.56. The average molecular weight is 311 g/mol. The summed E-state index contributed by atoms with van der Waals surface area (Å²) >= 11 is 0. The molecular weight excluding hydrogens is 292 g/mol. The normalized spacial score (nSPS) is 12.2. The van der Waals surface area contributed by atoms with Crippen LogP contribution in [0.25, 0.3) is 0 Å². The van der Waals surface area contributed by atoms with Crippen LogP contribution in [0.4, 0.5) is 10.5 Å². The number of rotatable bonds is 7. The molecular formula is C14H19N2O4S. The number of hydrogen-bond acceptors (Lipinski definition) is 4. The topological polar surface area (TPSA) is 92.3 Å². The molecule has 0 aromatic heterocycles. The Morgan fingerprint density at radius 3 is 2.33 bits per heavy atom. The Morgan fingerprint density at radius 2 is 1.86 bits per heavy atom. The van der Waals surface area contributed by atoms with Crippen LogP contribution in [-0.4, -0.2) is 26.8 Å². The maximum absolute atomic E-state index is 11.7. The highest BCUT2D eigenvalue weighted by Gasteiger charge is 2.13. The van der Waals surface area contributed by atoms with E-state index in [9.17, 15) is 18.0 Å². The molecule has 0 bridgehead atoms. The second-order valence-corrected chi connectivity index (χ2v) is 6.07. The number of anilines is 1. The lowest BCUT2D eigenvalue weighted by Gasteiger charge is -2.14. The molecule has 2 N–H and O–H groups in total. The lowest BCUT2D eigenvalue weighted by molar-refractivity contribution is 0.249. The highest BCUT2D eigenvalue weighted by molar-refractivity contribution is 7.71. The third-order valence-corrected chi connectivity index (χ3v) is 3.30. The van der Waals surface area contributed by atoms with Crippen molar-refractivity contribution < 1.29 is 18.0 Å². The Morgan fingerprint density at radius 1 is 1.24 bits per heavy atom. The Bertz CT molecular complexity index is 545. The molecule has 0 aliphatic heterocycles. The molecule has 1 rings (SSSR count). The van der Waals surface area contributed by atoms with E-state index in [0.29, 0.717) is 17.7 Å². The lowest BCUT2D eigenvalue weighted by Crippen LogP contribution is -2.39. The molecule has 6 nitrogen and oxygen atoms in total. The van der Waals surface area contributed by atoms with E-state index in [1.165, 1.54) is 0 Å². The van der Waals surface area contributed by atoms with E-state index < -0.39 is 22.8 Å². The van der Waals surface area contributed by atoms with Crippen LogP contribution in [0.3, 0.4) is 0 Å². The van der Waals surface area contributed by atoms with Crippen LogP contribution in [0.1, 0.15) is 25.8 Å². The molecule has 1 aromatic rings. The lowest BCUT2D eigenvalue weighted by atomic mass is 10.1. The first kappa shape index (κ1) is 17.2. The molecule has 7 heteroatoms. The number of urea groups is 1. The van der Waals surface area contributed by atoms with E-state index in [1.807, 2.05) is 13.8 Å². The monoisotopic (exact) mass is 311 g/mol. The summed E-state index contributed by atoms with van der Waals surface area (Å²) in [5.41, 5.74) is 1.17. The highest BCUT2D eigenvalue weighted by Crippen LogP contribution is 2.10. The van der Waals surface area contributed by atoms with Crippen molar-refractivity contribution in [2.45, 2.75) is 32.1 Å². The largest absolute Gasteiger partial charge is 0.328 e. The van der Waals surface area contributed by atoms with E-state index in [-0.39, 0.29) is 11.7 Å². The Labute approximate surface area is 125 Å². The smallest absolute Gasteiger partial charge is 0.319 e. The molecule has 0 aliphatic rings. The van der Waals surface area contributed by atoms with Gasteiger partial charge in [-0.15, -0.1) is 0 Å². The predicted octanol–water partition coefficient (Wildman–Crippen LogP) is 1.44. The van der Waals surface area contributed by atoms with Gasteiger partial charge >= 0.3 is 6.03 Å². The fourth-order valence-corrected chi connectivity index (χ4v) is 2.28. The maximum Gasteiger partial charge on any atom is 0.319 e. The minimum atomic E-state index is -2.47. The van der Waals surface area contributed by atoms with E-state index in [0.717, 1.165) is 0 Å². The van der Waals surface area contributed by atoms with Crippen molar-refractivity contribution in [3.63, 3.8) is 0 Å². The van der Waals surface area contributed by atoms with Gasteiger partial charge in [0.15, 0.2) is 0 Å². The Hall–Kier alpha value is -1.89. The second-order valence-electron chi connectivity index (χ2n) is 5.09. The fraction of sp³-hybridized carbons (Fsp3) is 0.429. The average Bonchev–Trinajstić information content (AvgIpc) is 2.39. The SMILES string of the molecule is CC(C)C[C@@H]([C]=O)NC(=O)Nc1ccc(C[SH](=O)=O)cc1. The zero-order valence-electron chi connectivity index (χ0n) is 12.0. The van der Waals surface area contributed by atoms with Gasteiger partial charge in [-0.2, -0.15) is 0 Å². The zero-order chi connectivity index (χ0) is 15.8. The molecule has 2 amide bonds. The summed E-state index contributed by atoms with van der Waals surface area (Å²) < 4.78 is 21.2. The molecule has 0 unspecified atom stereocenters. The molecule has 1 radical (unpaired) electrons. The molecule has 0 saturated carbocycles. The van der Waals surface area contributed by atoms with E-state index in [2.05, 4.69) is 10.6 Å². The molecule has 0 heterocycles. The van der Waals surface area contributed by atoms with Crippen molar-refractivity contribution in [2.24, 2.45) is 5.92 Å². The summed E-state index contributed by atoms with van der Waals surface area (Å²) in [6.07, 6.45) is 2.31. The van der Waals surface area contributed by atoms with Gasteiger partial charge in [-0.05, 0) is 30.0 Å². The third kappa shape index (κ3) is 6.89. The summed E-state index contributed by atoms with van der Waals surface area (Å²) in [4.78, 5) is 22.5. The minimum absolute atomic E-state index is 0.0294. The van der Waals surface area contributed by atoms with Crippen LogP contribution in [0, 0.1) is 5.92 Å². The quantitative estimate of drug-likeness (QED) is 0.664. The molecule has 21 heavy (non-hydrogen) atoms. The number of amides is 2. The van der Waals surface area contributed by atoms with Gasteiger partial charge in [-0.3, -0.25) is 4.79 Å². The van der Waals surface area contributed by atoms with E-state index in [1.54, 1.807) is 30.6 Å². The summed E-state index contributed by atoms with van der Waals surface area (Å²) in [6.45, 7) is 3.90. The molecule has 115 valence electrons. The molecule has 0 spiro atoms. The van der Waals surface area contributed by atoms with Crippen LogP contribution in [0.15, 0.2) is 24.3 Å². The molecule has 0 saturated heterocycles. The van der Waals surface area contributed by atoms with Crippen molar-refractivity contribution in [3.8, 4) is 0 Å². The van der Waals surface area contributed by atoms with Gasteiger partial charge < -0.3 is 10.6 Å². The highest BCUT2D eigenvalue weighted by atomic mass is 32.2. The first-order valence-electron chi connectivity index (χ1n) is 6.56. The second kappa shape index (κ2) is 8.41. The van der Waals surface area contributed by atoms with Gasteiger partial charge in [0.25, 0.3) is 0 Å². The van der Waals surface area contributed by atoms with Crippen molar-refractivity contribution in [3.05, 3.63) is 29.8 Å². The van der Waals surface area contributed by atoms with Crippen molar-refractivity contribution >= 4 is 28.7 Å². The number of carbonyl (C=O) groups excluding carboxylic acids is 2. The van der Waals surface area contributed by atoms with Crippen molar-refractivity contribution in [1.82, 2.24) is 5.32 Å². The minimum Gasteiger partial charge on any atom is -0.328 e. The number of hydrogen-bond donors (Lipinski definition) is 3. The first-order valence-corrected chi connectivity index (χ1v) is 7.93. The summed E-state index contributed by atoms with van der Waals surface area (Å²) in [7, 11) is -2.47. The van der Waals surface area contributed by atoms with Crippen LogP contribution < -0.4 is 10.6 Å². The summed E-state index contributed by atoms with van der Waals surface area (Å²) in [5, 5.41) is 5.10. The van der Waals surface area contributed by atoms with Gasteiger partial charge in [0, 0.05) is 5.69 Å². The van der Waals surface area contributed by atoms with Gasteiger partial charge in [-0.25, -0.2) is 13.2 Å².